The Labute approximate surface area is 184 Å². The van der Waals surface area contributed by atoms with Crippen LogP contribution in [0.3, 0.4) is 0 Å². The fourth-order valence-electron chi connectivity index (χ4n) is 3.13. The number of hydrogen-bond acceptors (Lipinski definition) is 2. The van der Waals surface area contributed by atoms with Crippen LogP contribution in [0.5, 0.6) is 0 Å². The molecular formula is C24H54ClNO2. The molecule has 0 spiro atoms. The molecule has 174 valence electrons. The Balaban J connectivity index is -0.000000918. The summed E-state index contributed by atoms with van der Waals surface area (Å²) in [6, 6.07) is 0. The van der Waals surface area contributed by atoms with Crippen molar-refractivity contribution in [2.24, 2.45) is 0 Å². The third-order valence-electron chi connectivity index (χ3n) is 4.95. The Morgan fingerprint density at radius 3 is 1.07 bits per heavy atom. The molecule has 0 fully saturated rings. The van der Waals surface area contributed by atoms with Crippen LogP contribution in [-0.4, -0.2) is 55.1 Å². The molecule has 0 aromatic rings. The van der Waals surface area contributed by atoms with Crippen LogP contribution < -0.4 is 12.4 Å². The molecule has 0 amide bonds. The molecule has 0 bridgehead atoms. The highest BCUT2D eigenvalue weighted by atomic mass is 35.5. The molecule has 0 aromatic carbocycles. The molecule has 0 aromatic heterocycles. The normalized spacial score (nSPS) is 12.1. The summed E-state index contributed by atoms with van der Waals surface area (Å²) >= 11 is 0. The van der Waals surface area contributed by atoms with Gasteiger partial charge in [-0.25, -0.2) is 0 Å². The summed E-state index contributed by atoms with van der Waals surface area (Å²) in [6.07, 6.45) is 22.8. The predicted octanol–water partition coefficient (Wildman–Crippen LogP) is 3.32. The lowest BCUT2D eigenvalue weighted by Gasteiger charge is -2.23. The molecule has 2 N–H and O–H groups in total. The molecule has 0 aliphatic heterocycles. The van der Waals surface area contributed by atoms with Crippen LogP contribution in [0.15, 0.2) is 0 Å². The summed E-state index contributed by atoms with van der Waals surface area (Å²) in [7, 11) is 6.89. The van der Waals surface area contributed by atoms with Gasteiger partial charge in [-0.3, -0.25) is 0 Å². The molecule has 0 heterocycles. The summed E-state index contributed by atoms with van der Waals surface area (Å²) in [5.74, 6) is 0. The van der Waals surface area contributed by atoms with E-state index in [0.29, 0.717) is 0 Å². The highest BCUT2D eigenvalue weighted by Crippen LogP contribution is 2.13. The maximum Gasteiger partial charge on any atom is 0.0780 e. The van der Waals surface area contributed by atoms with E-state index in [1.165, 1.54) is 116 Å². The molecule has 0 saturated carbocycles. The monoisotopic (exact) mass is 423 g/mol. The van der Waals surface area contributed by atoms with Gasteiger partial charge in [-0.15, -0.1) is 0 Å². The van der Waals surface area contributed by atoms with E-state index >= 15 is 0 Å². The second kappa shape index (κ2) is 25.2. The summed E-state index contributed by atoms with van der Waals surface area (Å²) < 4.78 is 1.12. The standard InChI is InChI=1S/C21H46N.C3H8O2.ClH/c1-5-6-7-8-9-10-11-12-13-14-15-16-17-18-19-20-21-22(2,3)4;1-3(5)2-4;/h5-21H2,1-4H3;3-5H,2H2,1H3;1H/q+1;;/p-1. The van der Waals surface area contributed by atoms with Crippen LogP contribution in [0.4, 0.5) is 0 Å². The van der Waals surface area contributed by atoms with E-state index < -0.39 is 6.10 Å². The predicted molar refractivity (Wildman–Crippen MR) is 121 cm³/mol. The smallest absolute Gasteiger partial charge is 0.0780 e. The van der Waals surface area contributed by atoms with Crippen molar-refractivity contribution < 1.29 is 27.1 Å². The molecule has 0 radical (unpaired) electrons. The number of unbranched alkanes of at least 4 members (excludes halogenated alkanes) is 15. The first kappa shape index (κ1) is 32.8. The van der Waals surface area contributed by atoms with Gasteiger partial charge in [0.25, 0.3) is 0 Å². The molecule has 4 heteroatoms. The van der Waals surface area contributed by atoms with Crippen molar-refractivity contribution in [1.82, 2.24) is 0 Å². The molecular weight excluding hydrogens is 370 g/mol. The first-order valence-electron chi connectivity index (χ1n) is 11.9. The number of aliphatic hydroxyl groups excluding tert-OH is 2. The van der Waals surface area contributed by atoms with Crippen molar-refractivity contribution in [1.29, 1.82) is 0 Å². The lowest BCUT2D eigenvalue weighted by molar-refractivity contribution is -0.870. The summed E-state index contributed by atoms with van der Waals surface area (Å²) in [4.78, 5) is 0. The first-order chi connectivity index (χ1) is 12.8. The number of halogens is 1. The summed E-state index contributed by atoms with van der Waals surface area (Å²) in [6.45, 7) is 5.02. The van der Waals surface area contributed by atoms with Gasteiger partial charge in [0.1, 0.15) is 0 Å². The fourth-order valence-corrected chi connectivity index (χ4v) is 3.13. The van der Waals surface area contributed by atoms with Gasteiger partial charge in [0.2, 0.25) is 0 Å². The number of quaternary nitrogens is 1. The first-order valence-corrected chi connectivity index (χ1v) is 11.9. The zero-order chi connectivity index (χ0) is 20.8. The van der Waals surface area contributed by atoms with Crippen molar-refractivity contribution in [2.75, 3.05) is 34.3 Å². The van der Waals surface area contributed by atoms with Gasteiger partial charge in [-0.2, -0.15) is 0 Å². The number of aliphatic hydroxyl groups is 2. The molecule has 0 saturated heterocycles. The molecule has 1 unspecified atom stereocenters. The molecule has 0 rings (SSSR count). The van der Waals surface area contributed by atoms with Gasteiger partial charge in [0.05, 0.1) is 40.4 Å². The average Bonchev–Trinajstić information content (AvgIpc) is 2.61. The quantitative estimate of drug-likeness (QED) is 0.262. The Bertz CT molecular complexity index is 268. The minimum Gasteiger partial charge on any atom is -1.00 e. The number of hydrogen-bond donors (Lipinski definition) is 2. The molecule has 1 atom stereocenters. The van der Waals surface area contributed by atoms with Gasteiger partial charge in [-0.05, 0) is 19.8 Å². The largest absolute Gasteiger partial charge is 1.00 e. The summed E-state index contributed by atoms with van der Waals surface area (Å²) in [5.41, 5.74) is 0. The minimum absolute atomic E-state index is 0. The second-order valence-electron chi connectivity index (χ2n) is 9.35. The van der Waals surface area contributed by atoms with E-state index in [2.05, 4.69) is 28.1 Å². The topological polar surface area (TPSA) is 40.5 Å². The van der Waals surface area contributed by atoms with Gasteiger partial charge in [-0.1, -0.05) is 96.8 Å². The third kappa shape index (κ3) is 37.0. The summed E-state index contributed by atoms with van der Waals surface area (Å²) in [5, 5.41) is 16.0. The zero-order valence-corrected chi connectivity index (χ0v) is 20.8. The Kier molecular flexibility index (Phi) is 29.6. The Morgan fingerprint density at radius 1 is 0.607 bits per heavy atom. The van der Waals surface area contributed by atoms with Crippen LogP contribution in [0.25, 0.3) is 0 Å². The van der Waals surface area contributed by atoms with E-state index in [0.717, 1.165) is 4.48 Å². The van der Waals surface area contributed by atoms with Crippen LogP contribution in [-0.2, 0) is 0 Å². The van der Waals surface area contributed by atoms with E-state index in [9.17, 15) is 0 Å². The SMILES string of the molecule is CC(O)CO.CCCCCCCCCCCCCCCCCC[N+](C)(C)C.[Cl-]. The Hall–Kier alpha value is 0.170. The van der Waals surface area contributed by atoms with E-state index in [1.807, 2.05) is 0 Å². The molecule has 3 nitrogen and oxygen atoms in total. The van der Waals surface area contributed by atoms with Gasteiger partial charge < -0.3 is 27.1 Å². The van der Waals surface area contributed by atoms with Crippen molar-refractivity contribution in [2.45, 2.75) is 123 Å². The Morgan fingerprint density at radius 2 is 0.857 bits per heavy atom. The second-order valence-corrected chi connectivity index (χ2v) is 9.35. The number of nitrogens with zero attached hydrogens (tertiary/aromatic N) is 1. The molecule has 0 aliphatic carbocycles. The third-order valence-corrected chi connectivity index (χ3v) is 4.95. The zero-order valence-electron chi connectivity index (χ0n) is 20.0. The van der Waals surface area contributed by atoms with Crippen molar-refractivity contribution in [3.63, 3.8) is 0 Å². The molecule has 0 aliphatic rings. The highest BCUT2D eigenvalue weighted by molar-refractivity contribution is 4.49. The van der Waals surface area contributed by atoms with Crippen molar-refractivity contribution in [3.8, 4) is 0 Å². The maximum absolute atomic E-state index is 8.11. The lowest BCUT2D eigenvalue weighted by Crippen LogP contribution is -3.00. The van der Waals surface area contributed by atoms with Gasteiger partial charge in [0.15, 0.2) is 0 Å². The van der Waals surface area contributed by atoms with Crippen LogP contribution in [0, 0.1) is 0 Å². The average molecular weight is 424 g/mol. The van der Waals surface area contributed by atoms with Gasteiger partial charge >= 0.3 is 0 Å². The van der Waals surface area contributed by atoms with Crippen LogP contribution >= 0.6 is 0 Å². The van der Waals surface area contributed by atoms with E-state index in [1.54, 1.807) is 0 Å². The van der Waals surface area contributed by atoms with E-state index in [4.69, 9.17) is 10.2 Å². The van der Waals surface area contributed by atoms with Crippen molar-refractivity contribution in [3.05, 3.63) is 0 Å². The van der Waals surface area contributed by atoms with Crippen LogP contribution in [0.2, 0.25) is 0 Å². The van der Waals surface area contributed by atoms with E-state index in [-0.39, 0.29) is 19.0 Å². The number of rotatable bonds is 18. The maximum atomic E-state index is 8.11. The minimum atomic E-state index is -0.560. The highest BCUT2D eigenvalue weighted by Gasteiger charge is 2.04. The lowest BCUT2D eigenvalue weighted by atomic mass is 10.0. The van der Waals surface area contributed by atoms with Gasteiger partial charge in [0, 0.05) is 0 Å². The van der Waals surface area contributed by atoms with Crippen LogP contribution in [0.1, 0.15) is 117 Å². The fraction of sp³-hybridized carbons (Fsp3) is 1.00. The van der Waals surface area contributed by atoms with Crippen molar-refractivity contribution >= 4 is 0 Å². The molecule has 28 heavy (non-hydrogen) atoms.